The van der Waals surface area contributed by atoms with Crippen molar-refractivity contribution in [2.45, 2.75) is 39.8 Å². The number of aromatic nitrogens is 2. The number of hydrogen-bond donors (Lipinski definition) is 4. The molecule has 11 heteroatoms. The number of ether oxygens (including phenoxy) is 1. The second-order valence-electron chi connectivity index (χ2n) is 3.77. The van der Waals surface area contributed by atoms with Crippen molar-refractivity contribution in [3.05, 3.63) is 33.1 Å². The second-order valence-corrected chi connectivity index (χ2v) is 4.53. The summed E-state index contributed by atoms with van der Waals surface area (Å²) in [7, 11) is 0.0488. The molecule has 1 aromatic rings. The summed E-state index contributed by atoms with van der Waals surface area (Å²) in [4.78, 5) is 41.6. The highest BCUT2D eigenvalue weighted by Crippen LogP contribution is 2.24. The molecule has 0 spiro atoms. The zero-order valence-electron chi connectivity index (χ0n) is 15.3. The Bertz CT molecular complexity index is 497. The second kappa shape index (κ2) is 20.9. The molecule has 0 saturated carbocycles. The van der Waals surface area contributed by atoms with Crippen molar-refractivity contribution >= 4 is 8.60 Å². The molecule has 1 atom stereocenters. The van der Waals surface area contributed by atoms with E-state index < -0.39 is 19.9 Å². The minimum Gasteiger partial charge on any atom is -0.400 e. The lowest BCUT2D eigenvalue weighted by atomic mass is 10.2. The average Bonchev–Trinajstić information content (AvgIpc) is 2.60. The van der Waals surface area contributed by atoms with Crippen LogP contribution in [-0.2, 0) is 15.8 Å². The number of nitrogens with zero attached hydrogens (tertiary/aromatic N) is 1. The molecule has 9 nitrogen and oxygen atoms in total. The van der Waals surface area contributed by atoms with Gasteiger partial charge >= 0.3 is 14.3 Å². The summed E-state index contributed by atoms with van der Waals surface area (Å²) >= 11 is 0. The first kappa shape index (κ1) is 28.6. The number of aromatic amines is 1. The zero-order valence-corrected chi connectivity index (χ0v) is 16.2. The van der Waals surface area contributed by atoms with E-state index in [2.05, 4.69) is 9.51 Å². The maximum Gasteiger partial charge on any atom is 0.328 e. The van der Waals surface area contributed by atoms with E-state index in [0.29, 0.717) is 13.0 Å². The van der Waals surface area contributed by atoms with Gasteiger partial charge in [0.1, 0.15) is 0 Å². The summed E-state index contributed by atoms with van der Waals surface area (Å²) < 4.78 is 21.3. The first-order valence-electron chi connectivity index (χ1n) is 7.58. The number of aliphatic hydroxyl groups excluding tert-OH is 1. The van der Waals surface area contributed by atoms with E-state index in [1.165, 1.54) is 30.9 Å². The number of halogens is 1. The topological polar surface area (TPSA) is 134 Å². The van der Waals surface area contributed by atoms with Crippen LogP contribution >= 0.6 is 8.60 Å². The fourth-order valence-corrected chi connectivity index (χ4v) is 1.62. The first-order valence-corrected chi connectivity index (χ1v) is 8.75. The molecule has 0 unspecified atom stereocenters. The molecule has 0 radical (unpaired) electrons. The molecule has 1 heterocycles. The quantitative estimate of drug-likeness (QED) is 0.507. The third-order valence-corrected chi connectivity index (χ3v) is 2.68. The van der Waals surface area contributed by atoms with E-state index in [1.54, 1.807) is 0 Å². The van der Waals surface area contributed by atoms with Crippen LogP contribution in [0.5, 0.6) is 0 Å². The number of aryl methyl sites for hydroxylation is 1. The van der Waals surface area contributed by atoms with Gasteiger partial charge in [0.05, 0.1) is 19.4 Å². The maximum absolute atomic E-state index is 11.4. The van der Waals surface area contributed by atoms with Crippen LogP contribution in [0, 0.1) is 0 Å². The highest BCUT2D eigenvalue weighted by atomic mass is 31.2. The van der Waals surface area contributed by atoms with Crippen LogP contribution in [0.4, 0.5) is 4.39 Å². The van der Waals surface area contributed by atoms with E-state index in [4.69, 9.17) is 19.6 Å². The van der Waals surface area contributed by atoms with Gasteiger partial charge in [-0.2, -0.15) is 0 Å². The van der Waals surface area contributed by atoms with Crippen LogP contribution in [0.2, 0.25) is 0 Å². The molecule has 0 amide bonds. The molecule has 4 N–H and O–H groups in total. The lowest BCUT2D eigenvalue weighted by Gasteiger charge is -2.15. The predicted molar refractivity (Wildman–Crippen MR) is 95.2 cm³/mol. The van der Waals surface area contributed by atoms with Gasteiger partial charge in [-0.25, -0.2) is 4.79 Å². The SMILES string of the molecule is CC.CCF.CO.CO[C@@H](CCn1ccc(=O)[nH]c1=O)COP(O)O. The largest absolute Gasteiger partial charge is 0.400 e. The van der Waals surface area contributed by atoms with Gasteiger partial charge in [0.25, 0.3) is 5.56 Å². The van der Waals surface area contributed by atoms with Crippen molar-refractivity contribution in [2.24, 2.45) is 0 Å². The lowest BCUT2D eigenvalue weighted by molar-refractivity contribution is 0.0444. The summed E-state index contributed by atoms with van der Waals surface area (Å²) in [5, 5.41) is 7.00. The molecule has 0 bridgehead atoms. The minimum absolute atomic E-state index is 0.0211. The van der Waals surface area contributed by atoms with Gasteiger partial charge in [-0.15, -0.1) is 0 Å². The molecular weight excluding hydrogens is 358 g/mol. The molecular formula is C14H30FN2O7P. The molecule has 1 rings (SSSR count). The standard InChI is InChI=1S/C9H15N2O6P.C2H5F.C2H6.CH4O/c1-16-7(6-17-18(14)15)2-4-11-5-3-8(12)10-9(11)13;1-2-3;2*1-2/h3,5,7,14-15H,2,4,6H2,1H3,(H,10,12,13);2H2,1H3;1-2H3;2H,1H3/t7-;;;/m0.../s1. The predicted octanol–water partition coefficient (Wildman–Crippen LogP) is 0.780. The fraction of sp³-hybridized carbons (Fsp3) is 0.714. The van der Waals surface area contributed by atoms with Crippen LogP contribution in [0.15, 0.2) is 21.9 Å². The van der Waals surface area contributed by atoms with Crippen molar-refractivity contribution in [2.75, 3.05) is 27.5 Å². The Morgan fingerprint density at radius 1 is 1.32 bits per heavy atom. The summed E-state index contributed by atoms with van der Waals surface area (Å²) in [6, 6.07) is 1.25. The lowest BCUT2D eigenvalue weighted by Crippen LogP contribution is -2.30. The van der Waals surface area contributed by atoms with Crippen molar-refractivity contribution in [1.29, 1.82) is 0 Å². The van der Waals surface area contributed by atoms with Crippen LogP contribution in [0.25, 0.3) is 0 Å². The van der Waals surface area contributed by atoms with Gasteiger partial charge in [-0.3, -0.25) is 14.2 Å². The molecule has 0 aliphatic rings. The van der Waals surface area contributed by atoms with Crippen molar-refractivity contribution in [1.82, 2.24) is 9.55 Å². The molecule has 0 aromatic carbocycles. The number of aliphatic hydroxyl groups is 1. The van der Waals surface area contributed by atoms with Crippen LogP contribution in [0.1, 0.15) is 27.2 Å². The Kier molecular flexibility index (Phi) is 23.9. The number of alkyl halides is 1. The van der Waals surface area contributed by atoms with E-state index in [1.807, 2.05) is 13.8 Å². The zero-order chi connectivity index (χ0) is 20.3. The molecule has 25 heavy (non-hydrogen) atoms. The third-order valence-electron chi connectivity index (χ3n) is 2.30. The molecule has 0 saturated heterocycles. The van der Waals surface area contributed by atoms with E-state index in [9.17, 15) is 14.0 Å². The van der Waals surface area contributed by atoms with E-state index in [-0.39, 0.29) is 19.4 Å². The monoisotopic (exact) mass is 388 g/mol. The van der Waals surface area contributed by atoms with Gasteiger partial charge in [0.2, 0.25) is 0 Å². The Hall–Kier alpha value is -1.16. The Morgan fingerprint density at radius 3 is 2.24 bits per heavy atom. The Labute approximate surface area is 148 Å². The number of hydrogen-bond acceptors (Lipinski definition) is 7. The summed E-state index contributed by atoms with van der Waals surface area (Å²) in [6.07, 6.45) is 1.46. The van der Waals surface area contributed by atoms with Gasteiger partial charge < -0.3 is 28.7 Å². The molecule has 1 aromatic heterocycles. The molecule has 0 fully saturated rings. The van der Waals surface area contributed by atoms with Gasteiger partial charge in [-0.05, 0) is 13.3 Å². The Balaban J connectivity index is -0.000000605. The highest BCUT2D eigenvalue weighted by Gasteiger charge is 2.11. The van der Waals surface area contributed by atoms with Crippen LogP contribution in [0.3, 0.4) is 0 Å². The fourth-order valence-electron chi connectivity index (χ4n) is 1.32. The molecule has 150 valence electrons. The summed E-state index contributed by atoms with van der Waals surface area (Å²) in [6.45, 7) is 5.56. The number of methoxy groups -OCH3 is 1. The number of rotatable bonds is 7. The van der Waals surface area contributed by atoms with Gasteiger partial charge in [-0.1, -0.05) is 13.8 Å². The first-order chi connectivity index (χ1) is 11.9. The van der Waals surface area contributed by atoms with Gasteiger partial charge in [0.15, 0.2) is 0 Å². The summed E-state index contributed by atoms with van der Waals surface area (Å²) in [5.41, 5.74) is -0.945. The van der Waals surface area contributed by atoms with Crippen molar-refractivity contribution in [3.63, 3.8) is 0 Å². The summed E-state index contributed by atoms with van der Waals surface area (Å²) in [5.74, 6) is 0. The van der Waals surface area contributed by atoms with Crippen molar-refractivity contribution < 1.29 is 28.5 Å². The highest BCUT2D eigenvalue weighted by molar-refractivity contribution is 7.39. The normalized spacial score (nSPS) is 10.5. The van der Waals surface area contributed by atoms with Crippen LogP contribution in [-0.4, -0.2) is 58.0 Å². The Morgan fingerprint density at radius 2 is 1.84 bits per heavy atom. The number of H-pyrrole nitrogens is 1. The van der Waals surface area contributed by atoms with Crippen LogP contribution < -0.4 is 11.2 Å². The maximum atomic E-state index is 11.4. The van der Waals surface area contributed by atoms with Crippen molar-refractivity contribution in [3.8, 4) is 0 Å². The molecule has 0 aliphatic carbocycles. The van der Waals surface area contributed by atoms with E-state index in [0.717, 1.165) is 7.11 Å². The smallest absolute Gasteiger partial charge is 0.328 e. The molecule has 0 aliphatic heterocycles. The third kappa shape index (κ3) is 17.5. The number of nitrogens with one attached hydrogen (secondary N) is 1. The average molecular weight is 388 g/mol. The van der Waals surface area contributed by atoms with E-state index >= 15 is 0 Å². The minimum atomic E-state index is -2.41. The van der Waals surface area contributed by atoms with Gasteiger partial charge in [0, 0.05) is 33.0 Å².